The van der Waals surface area contributed by atoms with Crippen LogP contribution in [-0.4, -0.2) is 47.0 Å². The van der Waals surface area contributed by atoms with Crippen LogP contribution in [0.3, 0.4) is 0 Å². The molecule has 2 aromatic carbocycles. The topological polar surface area (TPSA) is 111 Å². The van der Waals surface area contributed by atoms with Gasteiger partial charge in [0, 0.05) is 12.8 Å². The van der Waals surface area contributed by atoms with Crippen LogP contribution in [0.4, 0.5) is 9.59 Å². The van der Waals surface area contributed by atoms with Gasteiger partial charge in [0.2, 0.25) is 0 Å². The maximum Gasteiger partial charge on any atom is 0.408 e. The normalized spacial score (nSPS) is 18.8. The zero-order valence-electron chi connectivity index (χ0n) is 25.4. The number of amides is 2. The van der Waals surface area contributed by atoms with Crippen molar-refractivity contribution >= 4 is 23.8 Å². The molecule has 0 fully saturated rings. The molecule has 8 heteroatoms. The molecular formula is C33H44N2O6. The van der Waals surface area contributed by atoms with Gasteiger partial charge in [-0.25, -0.2) is 9.59 Å². The van der Waals surface area contributed by atoms with Crippen LogP contribution in [0.1, 0.15) is 82.2 Å². The van der Waals surface area contributed by atoms with E-state index in [0.717, 1.165) is 24.0 Å². The number of aryl methyl sites for hydroxylation is 3. The Balaban J connectivity index is 0.000000226. The van der Waals surface area contributed by atoms with Crippen LogP contribution in [0.15, 0.2) is 42.5 Å². The quantitative estimate of drug-likeness (QED) is 0.461. The number of rotatable bonds is 2. The number of ether oxygens (including phenoxy) is 2. The first-order valence-corrected chi connectivity index (χ1v) is 14.3. The summed E-state index contributed by atoms with van der Waals surface area (Å²) in [6.07, 6.45) is 2.52. The van der Waals surface area contributed by atoms with Crippen LogP contribution in [0.25, 0.3) is 0 Å². The van der Waals surface area contributed by atoms with Gasteiger partial charge >= 0.3 is 12.2 Å². The summed E-state index contributed by atoms with van der Waals surface area (Å²) in [7, 11) is 0. The molecule has 0 aliphatic heterocycles. The fourth-order valence-electron chi connectivity index (χ4n) is 4.88. The predicted octanol–water partition coefficient (Wildman–Crippen LogP) is 5.58. The van der Waals surface area contributed by atoms with Crippen LogP contribution in [0, 0.1) is 6.92 Å². The molecule has 0 heterocycles. The smallest absolute Gasteiger partial charge is 0.408 e. The summed E-state index contributed by atoms with van der Waals surface area (Å²) >= 11 is 0. The number of alkyl carbamates (subject to hydrolysis) is 2. The van der Waals surface area contributed by atoms with Gasteiger partial charge in [-0.1, -0.05) is 48.0 Å². The van der Waals surface area contributed by atoms with Gasteiger partial charge in [-0.3, -0.25) is 9.59 Å². The standard InChI is InChI=1S/C17H23NO3.C16H21NO3/c1-11-5-6-13-10-15(19)14(8-7-12(13)9-11)18-16(20)21-17(2,3)4;1-16(2,3)20-15(19)17-13-9-8-11-6-4-5-7-12(11)10-14(13)18/h5-6,9,14H,7-8,10H2,1-4H3,(H,18,20);4-7,13H,8-10H2,1-3H3,(H,17,19)/t14-;13-/m11/s1. The molecule has 0 saturated heterocycles. The van der Waals surface area contributed by atoms with Gasteiger partial charge in [0.15, 0.2) is 11.6 Å². The van der Waals surface area contributed by atoms with Crippen LogP contribution in [0.2, 0.25) is 0 Å². The van der Waals surface area contributed by atoms with E-state index in [0.29, 0.717) is 25.7 Å². The molecule has 4 rings (SSSR count). The molecule has 222 valence electrons. The van der Waals surface area contributed by atoms with E-state index in [1.807, 2.05) is 43.3 Å². The van der Waals surface area contributed by atoms with Gasteiger partial charge in [0.05, 0.1) is 12.1 Å². The Kier molecular flexibility index (Phi) is 10.3. The minimum absolute atomic E-state index is 0.0424. The molecule has 2 aliphatic rings. The number of ketones is 2. The average Bonchev–Trinajstić information content (AvgIpc) is 3.09. The Hall–Kier alpha value is -3.68. The molecule has 41 heavy (non-hydrogen) atoms. The molecule has 0 radical (unpaired) electrons. The number of fused-ring (bicyclic) bond motifs is 2. The van der Waals surface area contributed by atoms with Crippen molar-refractivity contribution in [3.63, 3.8) is 0 Å². The van der Waals surface area contributed by atoms with Gasteiger partial charge in [-0.05, 0) is 96.4 Å². The average molecular weight is 565 g/mol. The van der Waals surface area contributed by atoms with E-state index < -0.39 is 35.5 Å². The SMILES string of the molecule is CC(C)(C)OC(=O)N[C@@H]1CCc2ccccc2CC1=O.Cc1ccc2c(c1)CC[C@@H](NC(=O)OC(C)(C)C)C(=O)C2. The van der Waals surface area contributed by atoms with Gasteiger partial charge in [-0.15, -0.1) is 0 Å². The molecule has 0 unspecified atom stereocenters. The Morgan fingerprint density at radius 2 is 1.12 bits per heavy atom. The number of hydrogen-bond acceptors (Lipinski definition) is 6. The monoisotopic (exact) mass is 564 g/mol. The molecular weight excluding hydrogens is 520 g/mol. The Bertz CT molecular complexity index is 1270. The summed E-state index contributed by atoms with van der Waals surface area (Å²) in [5.41, 5.74) is 4.61. The second-order valence-electron chi connectivity index (χ2n) is 12.8. The highest BCUT2D eigenvalue weighted by Crippen LogP contribution is 2.21. The van der Waals surface area contributed by atoms with Crippen molar-refractivity contribution in [2.45, 2.75) is 110 Å². The van der Waals surface area contributed by atoms with E-state index in [1.54, 1.807) is 41.5 Å². The van der Waals surface area contributed by atoms with E-state index in [-0.39, 0.29) is 11.6 Å². The highest BCUT2D eigenvalue weighted by molar-refractivity contribution is 5.90. The van der Waals surface area contributed by atoms with Crippen LogP contribution in [-0.2, 0) is 44.7 Å². The molecule has 2 atom stereocenters. The summed E-state index contributed by atoms with van der Waals surface area (Å²) in [6, 6.07) is 13.2. The summed E-state index contributed by atoms with van der Waals surface area (Å²) in [5, 5.41) is 5.39. The summed E-state index contributed by atoms with van der Waals surface area (Å²) in [6.45, 7) is 12.9. The first-order valence-electron chi connectivity index (χ1n) is 14.3. The highest BCUT2D eigenvalue weighted by Gasteiger charge is 2.28. The van der Waals surface area contributed by atoms with E-state index in [4.69, 9.17) is 9.47 Å². The lowest BCUT2D eigenvalue weighted by Crippen LogP contribution is -2.43. The lowest BCUT2D eigenvalue weighted by molar-refractivity contribution is -0.121. The largest absolute Gasteiger partial charge is 0.444 e. The Morgan fingerprint density at radius 3 is 1.61 bits per heavy atom. The minimum atomic E-state index is -0.558. The molecule has 2 N–H and O–H groups in total. The second-order valence-corrected chi connectivity index (χ2v) is 12.8. The lowest BCUT2D eigenvalue weighted by atomic mass is 10.0. The fraction of sp³-hybridized carbons (Fsp3) is 0.515. The number of carbonyl (C=O) groups excluding carboxylic acids is 4. The fourth-order valence-corrected chi connectivity index (χ4v) is 4.88. The Labute approximate surface area is 243 Å². The number of benzene rings is 2. The number of carbonyl (C=O) groups is 4. The molecule has 0 bridgehead atoms. The van der Waals surface area contributed by atoms with Crippen LogP contribution >= 0.6 is 0 Å². The van der Waals surface area contributed by atoms with Crippen molar-refractivity contribution < 1.29 is 28.7 Å². The zero-order chi connectivity index (χ0) is 30.4. The predicted molar refractivity (Wildman–Crippen MR) is 158 cm³/mol. The van der Waals surface area contributed by atoms with Crippen molar-refractivity contribution in [2.75, 3.05) is 0 Å². The van der Waals surface area contributed by atoms with E-state index in [9.17, 15) is 19.2 Å². The van der Waals surface area contributed by atoms with E-state index in [1.165, 1.54) is 16.7 Å². The molecule has 0 saturated carbocycles. The van der Waals surface area contributed by atoms with Crippen molar-refractivity contribution in [2.24, 2.45) is 0 Å². The van der Waals surface area contributed by atoms with Crippen molar-refractivity contribution in [3.8, 4) is 0 Å². The van der Waals surface area contributed by atoms with Gasteiger partial charge in [0.25, 0.3) is 0 Å². The summed E-state index contributed by atoms with van der Waals surface area (Å²) < 4.78 is 10.4. The molecule has 0 aromatic heterocycles. The van der Waals surface area contributed by atoms with E-state index in [2.05, 4.69) is 16.7 Å². The third kappa shape index (κ3) is 10.3. The molecule has 0 spiro atoms. The summed E-state index contributed by atoms with van der Waals surface area (Å²) in [5.74, 6) is 0.0873. The lowest BCUT2D eigenvalue weighted by Gasteiger charge is -2.22. The van der Waals surface area contributed by atoms with Gasteiger partial charge in [-0.2, -0.15) is 0 Å². The highest BCUT2D eigenvalue weighted by atomic mass is 16.6. The molecule has 8 nitrogen and oxygen atoms in total. The van der Waals surface area contributed by atoms with Crippen molar-refractivity contribution in [1.29, 1.82) is 0 Å². The Morgan fingerprint density at radius 1 is 0.683 bits per heavy atom. The number of nitrogens with one attached hydrogen (secondary N) is 2. The number of Topliss-reactive ketones (excluding diaryl/α,β-unsaturated/α-hetero) is 2. The minimum Gasteiger partial charge on any atom is -0.444 e. The second kappa shape index (κ2) is 13.3. The zero-order valence-corrected chi connectivity index (χ0v) is 25.4. The first-order chi connectivity index (χ1) is 19.1. The van der Waals surface area contributed by atoms with Crippen LogP contribution in [0.5, 0.6) is 0 Å². The van der Waals surface area contributed by atoms with E-state index >= 15 is 0 Å². The van der Waals surface area contributed by atoms with Crippen molar-refractivity contribution in [1.82, 2.24) is 10.6 Å². The maximum atomic E-state index is 12.3. The first kappa shape index (κ1) is 31.8. The number of hydrogen-bond donors (Lipinski definition) is 2. The summed E-state index contributed by atoms with van der Waals surface area (Å²) in [4.78, 5) is 48.1. The molecule has 2 aromatic rings. The third-order valence-corrected chi connectivity index (χ3v) is 6.77. The third-order valence-electron chi connectivity index (χ3n) is 6.77. The van der Waals surface area contributed by atoms with Gasteiger partial charge < -0.3 is 20.1 Å². The van der Waals surface area contributed by atoms with Gasteiger partial charge in [0.1, 0.15) is 11.2 Å². The van der Waals surface area contributed by atoms with Crippen LogP contribution < -0.4 is 10.6 Å². The molecule has 2 aliphatic carbocycles. The van der Waals surface area contributed by atoms with Crippen molar-refractivity contribution in [3.05, 3.63) is 70.3 Å². The molecule has 2 amide bonds. The maximum absolute atomic E-state index is 12.3.